The number of fused-ring (bicyclic) bond motifs is 1. The lowest BCUT2D eigenvalue weighted by Gasteiger charge is -2.19. The predicted molar refractivity (Wildman–Crippen MR) is 58.6 cm³/mol. The van der Waals surface area contributed by atoms with Gasteiger partial charge in [-0.2, -0.15) is 0 Å². The molecule has 0 saturated carbocycles. The van der Waals surface area contributed by atoms with Crippen molar-refractivity contribution in [3.8, 4) is 0 Å². The molecule has 1 heterocycles. The number of nitrogens with two attached hydrogens (primary N) is 2. The van der Waals surface area contributed by atoms with Crippen LogP contribution in [0.1, 0.15) is 46.5 Å². The Kier molecular flexibility index (Phi) is 2.23. The zero-order valence-electron chi connectivity index (χ0n) is 8.17. The van der Waals surface area contributed by atoms with Gasteiger partial charge in [-0.3, -0.25) is 4.79 Å². The van der Waals surface area contributed by atoms with Crippen molar-refractivity contribution in [3.05, 3.63) is 16.0 Å². The third-order valence-corrected chi connectivity index (χ3v) is 3.92. The summed E-state index contributed by atoms with van der Waals surface area (Å²) in [7, 11) is 0. The van der Waals surface area contributed by atoms with E-state index in [0.29, 0.717) is 16.5 Å². The van der Waals surface area contributed by atoms with Gasteiger partial charge in [0.05, 0.1) is 10.6 Å². The van der Waals surface area contributed by atoms with E-state index in [0.717, 1.165) is 18.4 Å². The molecule has 0 radical (unpaired) electrons. The van der Waals surface area contributed by atoms with Crippen LogP contribution >= 0.6 is 11.3 Å². The number of anilines is 1. The third-order valence-electron chi connectivity index (χ3n) is 2.83. The van der Waals surface area contributed by atoms with Crippen LogP contribution in [-0.4, -0.2) is 5.91 Å². The van der Waals surface area contributed by atoms with Gasteiger partial charge in [0.15, 0.2) is 0 Å². The number of rotatable bonds is 1. The summed E-state index contributed by atoms with van der Waals surface area (Å²) in [5.74, 6) is 0.0450. The van der Waals surface area contributed by atoms with Crippen LogP contribution in [0.2, 0.25) is 0 Å². The molecule has 1 unspecified atom stereocenters. The number of thiophene rings is 1. The number of carbonyl (C=O) groups is 1. The number of amides is 1. The summed E-state index contributed by atoms with van der Waals surface area (Å²) in [6, 6.07) is 0. The molecule has 0 aliphatic heterocycles. The van der Waals surface area contributed by atoms with Crippen molar-refractivity contribution >= 4 is 22.2 Å². The summed E-state index contributed by atoms with van der Waals surface area (Å²) < 4.78 is 0. The van der Waals surface area contributed by atoms with Crippen LogP contribution in [0.25, 0.3) is 0 Å². The lowest BCUT2D eigenvalue weighted by Crippen LogP contribution is -2.16. The van der Waals surface area contributed by atoms with Crippen molar-refractivity contribution in [2.45, 2.75) is 32.1 Å². The molecule has 1 aliphatic carbocycles. The van der Waals surface area contributed by atoms with Crippen LogP contribution in [0.3, 0.4) is 0 Å². The second-order valence-corrected chi connectivity index (χ2v) is 4.97. The molecule has 0 aromatic carbocycles. The van der Waals surface area contributed by atoms with Gasteiger partial charge in [-0.1, -0.05) is 6.92 Å². The first-order chi connectivity index (χ1) is 6.61. The van der Waals surface area contributed by atoms with Gasteiger partial charge >= 0.3 is 0 Å². The smallest absolute Gasteiger partial charge is 0.251 e. The molecule has 0 bridgehead atoms. The summed E-state index contributed by atoms with van der Waals surface area (Å²) in [5.41, 5.74) is 12.8. The normalized spacial score (nSPS) is 20.5. The maximum Gasteiger partial charge on any atom is 0.251 e. The minimum Gasteiger partial charge on any atom is -0.390 e. The van der Waals surface area contributed by atoms with E-state index in [4.69, 9.17) is 11.5 Å². The Balaban J connectivity index is 2.59. The van der Waals surface area contributed by atoms with Gasteiger partial charge < -0.3 is 11.5 Å². The van der Waals surface area contributed by atoms with E-state index in [2.05, 4.69) is 6.92 Å². The Morgan fingerprint density at radius 3 is 2.93 bits per heavy atom. The molecule has 3 nitrogen and oxygen atoms in total. The second kappa shape index (κ2) is 3.28. The number of carbonyl (C=O) groups excluding carboxylic acids is 1. The lowest BCUT2D eigenvalue weighted by atomic mass is 9.86. The van der Waals surface area contributed by atoms with Crippen molar-refractivity contribution in [1.82, 2.24) is 0 Å². The minimum absolute atomic E-state index is 0.381. The molecule has 0 saturated heterocycles. The average Bonchev–Trinajstić information content (AvgIpc) is 2.42. The summed E-state index contributed by atoms with van der Waals surface area (Å²) in [6.45, 7) is 2.14. The predicted octanol–water partition coefficient (Wildman–Crippen LogP) is 1.87. The summed E-state index contributed by atoms with van der Waals surface area (Å²) in [5, 5.41) is 0.594. The Hall–Kier alpha value is -1.03. The van der Waals surface area contributed by atoms with Gasteiger partial charge in [0.1, 0.15) is 0 Å². The van der Waals surface area contributed by atoms with E-state index >= 15 is 0 Å². The standard InChI is InChI=1S/C10H14N2OS/c1-5-3-2-4-6-7(5)8(9(11)13)10(12)14-6/h5H,2-4,12H2,1H3,(H2,11,13). The maximum absolute atomic E-state index is 11.2. The Bertz CT molecular complexity index is 384. The van der Waals surface area contributed by atoms with Gasteiger partial charge in [0.25, 0.3) is 5.91 Å². The van der Waals surface area contributed by atoms with Crippen LogP contribution in [-0.2, 0) is 6.42 Å². The van der Waals surface area contributed by atoms with E-state index in [1.54, 1.807) is 0 Å². The fraction of sp³-hybridized carbons (Fsp3) is 0.500. The number of hydrogen-bond acceptors (Lipinski definition) is 3. The highest BCUT2D eigenvalue weighted by atomic mass is 32.1. The van der Waals surface area contributed by atoms with Crippen LogP contribution < -0.4 is 11.5 Å². The molecule has 1 amide bonds. The van der Waals surface area contributed by atoms with Gasteiger partial charge in [-0.05, 0) is 30.7 Å². The number of hydrogen-bond donors (Lipinski definition) is 2. The zero-order chi connectivity index (χ0) is 10.3. The lowest BCUT2D eigenvalue weighted by molar-refractivity contribution is 0.1000. The number of aryl methyl sites for hydroxylation is 1. The van der Waals surface area contributed by atoms with Crippen molar-refractivity contribution < 1.29 is 4.79 Å². The number of nitrogen functional groups attached to an aromatic ring is 1. The fourth-order valence-electron chi connectivity index (χ4n) is 2.19. The fourth-order valence-corrected chi connectivity index (χ4v) is 3.42. The summed E-state index contributed by atoms with van der Waals surface area (Å²) >= 11 is 1.53. The average molecular weight is 210 g/mol. The summed E-state index contributed by atoms with van der Waals surface area (Å²) in [4.78, 5) is 12.5. The van der Waals surface area contributed by atoms with Crippen LogP contribution in [0.4, 0.5) is 5.00 Å². The highest BCUT2D eigenvalue weighted by Crippen LogP contribution is 2.41. The molecule has 4 N–H and O–H groups in total. The number of primary amides is 1. The quantitative estimate of drug-likeness (QED) is 0.743. The molecule has 2 rings (SSSR count). The molecular formula is C10H14N2OS. The van der Waals surface area contributed by atoms with E-state index in [1.807, 2.05) is 0 Å². The SMILES string of the molecule is CC1CCCc2sc(N)c(C(N)=O)c21. The van der Waals surface area contributed by atoms with Crippen molar-refractivity contribution in [2.75, 3.05) is 5.73 Å². The van der Waals surface area contributed by atoms with Crippen LogP contribution in [0.15, 0.2) is 0 Å². The minimum atomic E-state index is -0.381. The molecule has 4 heteroatoms. The largest absolute Gasteiger partial charge is 0.390 e. The molecule has 1 aliphatic rings. The summed E-state index contributed by atoms with van der Waals surface area (Å²) in [6.07, 6.45) is 3.36. The molecule has 14 heavy (non-hydrogen) atoms. The Labute approximate surface area is 87.1 Å². The highest BCUT2D eigenvalue weighted by molar-refractivity contribution is 7.16. The van der Waals surface area contributed by atoms with Crippen LogP contribution in [0.5, 0.6) is 0 Å². The van der Waals surface area contributed by atoms with Crippen LogP contribution in [0, 0.1) is 0 Å². The second-order valence-electron chi connectivity index (χ2n) is 3.84. The van der Waals surface area contributed by atoms with Crippen molar-refractivity contribution in [1.29, 1.82) is 0 Å². The molecular weight excluding hydrogens is 196 g/mol. The first kappa shape index (κ1) is 9.52. The van der Waals surface area contributed by atoms with Gasteiger partial charge in [-0.15, -0.1) is 11.3 Å². The topological polar surface area (TPSA) is 69.1 Å². The molecule has 1 aromatic rings. The molecule has 0 fully saturated rings. The van der Waals surface area contributed by atoms with E-state index < -0.39 is 0 Å². The van der Waals surface area contributed by atoms with Gasteiger partial charge in [-0.25, -0.2) is 0 Å². The van der Waals surface area contributed by atoms with E-state index in [9.17, 15) is 4.79 Å². The third kappa shape index (κ3) is 1.30. The van der Waals surface area contributed by atoms with E-state index in [1.165, 1.54) is 22.6 Å². The van der Waals surface area contributed by atoms with Gasteiger partial charge in [0, 0.05) is 4.88 Å². The Morgan fingerprint density at radius 1 is 1.57 bits per heavy atom. The first-order valence-electron chi connectivity index (χ1n) is 4.82. The molecule has 0 spiro atoms. The zero-order valence-corrected chi connectivity index (χ0v) is 8.99. The first-order valence-corrected chi connectivity index (χ1v) is 5.63. The Morgan fingerprint density at radius 2 is 2.29 bits per heavy atom. The maximum atomic E-state index is 11.2. The van der Waals surface area contributed by atoms with Crippen molar-refractivity contribution in [2.24, 2.45) is 5.73 Å². The molecule has 1 atom stereocenters. The van der Waals surface area contributed by atoms with Gasteiger partial charge in [0.2, 0.25) is 0 Å². The highest BCUT2D eigenvalue weighted by Gasteiger charge is 2.26. The molecule has 1 aromatic heterocycles. The monoisotopic (exact) mass is 210 g/mol. The molecule has 76 valence electrons. The van der Waals surface area contributed by atoms with Crippen molar-refractivity contribution in [3.63, 3.8) is 0 Å². The van der Waals surface area contributed by atoms with E-state index in [-0.39, 0.29) is 5.91 Å².